The first kappa shape index (κ1) is 13.2. The molecule has 1 N–H and O–H groups in total. The molecule has 1 unspecified atom stereocenters. The second kappa shape index (κ2) is 5.67. The van der Waals surface area contributed by atoms with Gasteiger partial charge in [-0.05, 0) is 18.9 Å². The van der Waals surface area contributed by atoms with E-state index < -0.39 is 0 Å². The largest absolute Gasteiger partial charge is 0.365 e. The predicted molar refractivity (Wildman–Crippen MR) is 81.7 cm³/mol. The molecule has 0 radical (unpaired) electrons. The normalized spacial score (nSPS) is 19.4. The fourth-order valence-corrected chi connectivity index (χ4v) is 2.78. The quantitative estimate of drug-likeness (QED) is 0.926. The van der Waals surface area contributed by atoms with E-state index >= 15 is 0 Å². The Kier molecular flexibility index (Phi) is 3.74. The van der Waals surface area contributed by atoms with Crippen LogP contribution in [0, 0.1) is 6.92 Å². The maximum atomic E-state index is 4.47. The highest BCUT2D eigenvalue weighted by atomic mass is 15.3. The van der Waals surface area contributed by atoms with Crippen molar-refractivity contribution in [3.05, 3.63) is 47.7 Å². The second-order valence-corrected chi connectivity index (χ2v) is 5.65. The van der Waals surface area contributed by atoms with Crippen molar-refractivity contribution in [2.24, 2.45) is 7.05 Å². The first-order valence-electron chi connectivity index (χ1n) is 7.24. The molecule has 20 heavy (non-hydrogen) atoms. The van der Waals surface area contributed by atoms with E-state index in [2.05, 4.69) is 58.6 Å². The van der Waals surface area contributed by atoms with Gasteiger partial charge in [-0.1, -0.05) is 30.3 Å². The average molecular weight is 270 g/mol. The first-order chi connectivity index (χ1) is 9.70. The zero-order valence-electron chi connectivity index (χ0n) is 12.2. The van der Waals surface area contributed by atoms with E-state index in [0.717, 1.165) is 25.5 Å². The summed E-state index contributed by atoms with van der Waals surface area (Å²) in [4.78, 5) is 2.50. The Bertz CT molecular complexity index is 542. The standard InChI is InChI=1S/C16H22N4/c1-13-10-16(18-19(13)2)17-15-8-9-20(12-15)11-14-6-4-3-5-7-14/h3-7,10,15H,8-9,11-12H2,1-2H3,(H,17,18). The van der Waals surface area contributed by atoms with Gasteiger partial charge in [-0.25, -0.2) is 0 Å². The lowest BCUT2D eigenvalue weighted by Crippen LogP contribution is -2.26. The molecule has 4 nitrogen and oxygen atoms in total. The predicted octanol–water partition coefficient (Wildman–Crippen LogP) is 2.41. The molecular formula is C16H22N4. The van der Waals surface area contributed by atoms with Gasteiger partial charge in [0, 0.05) is 44.5 Å². The lowest BCUT2D eigenvalue weighted by atomic mass is 10.2. The zero-order chi connectivity index (χ0) is 13.9. The van der Waals surface area contributed by atoms with Gasteiger partial charge in [0.05, 0.1) is 0 Å². The van der Waals surface area contributed by atoms with Crippen LogP contribution in [0.15, 0.2) is 36.4 Å². The van der Waals surface area contributed by atoms with Gasteiger partial charge in [-0.2, -0.15) is 5.10 Å². The molecule has 0 bridgehead atoms. The summed E-state index contributed by atoms with van der Waals surface area (Å²) in [5.41, 5.74) is 2.58. The molecular weight excluding hydrogens is 248 g/mol. The molecule has 1 saturated heterocycles. The smallest absolute Gasteiger partial charge is 0.148 e. The van der Waals surface area contributed by atoms with Gasteiger partial charge >= 0.3 is 0 Å². The molecule has 0 spiro atoms. The molecule has 3 rings (SSSR count). The summed E-state index contributed by atoms with van der Waals surface area (Å²) in [5, 5.41) is 8.01. The summed E-state index contributed by atoms with van der Waals surface area (Å²) in [5.74, 6) is 0.997. The Balaban J connectivity index is 1.54. The van der Waals surface area contributed by atoms with Gasteiger partial charge in [0.1, 0.15) is 5.82 Å². The van der Waals surface area contributed by atoms with Crippen molar-refractivity contribution in [1.29, 1.82) is 0 Å². The number of anilines is 1. The fraction of sp³-hybridized carbons (Fsp3) is 0.438. The minimum atomic E-state index is 0.507. The van der Waals surface area contributed by atoms with Crippen molar-refractivity contribution in [1.82, 2.24) is 14.7 Å². The van der Waals surface area contributed by atoms with E-state index in [1.54, 1.807) is 0 Å². The maximum absolute atomic E-state index is 4.47. The van der Waals surface area contributed by atoms with Crippen LogP contribution in [-0.4, -0.2) is 33.8 Å². The van der Waals surface area contributed by atoms with Crippen molar-refractivity contribution >= 4 is 5.82 Å². The van der Waals surface area contributed by atoms with Gasteiger partial charge in [-0.3, -0.25) is 9.58 Å². The van der Waals surface area contributed by atoms with Gasteiger partial charge < -0.3 is 5.32 Å². The van der Waals surface area contributed by atoms with Crippen LogP contribution in [0.5, 0.6) is 0 Å². The van der Waals surface area contributed by atoms with E-state index in [9.17, 15) is 0 Å². The Hall–Kier alpha value is -1.81. The van der Waals surface area contributed by atoms with E-state index in [4.69, 9.17) is 0 Å². The number of aryl methyl sites for hydroxylation is 2. The van der Waals surface area contributed by atoms with Crippen LogP contribution in [0.3, 0.4) is 0 Å². The number of rotatable bonds is 4. The third kappa shape index (κ3) is 3.02. The fourth-order valence-electron chi connectivity index (χ4n) is 2.78. The molecule has 0 saturated carbocycles. The van der Waals surface area contributed by atoms with Gasteiger partial charge in [0.15, 0.2) is 0 Å². The minimum Gasteiger partial charge on any atom is -0.365 e. The Morgan fingerprint density at radius 1 is 1.30 bits per heavy atom. The van der Waals surface area contributed by atoms with E-state index in [0.29, 0.717) is 6.04 Å². The third-order valence-corrected chi connectivity index (χ3v) is 3.99. The van der Waals surface area contributed by atoms with Crippen molar-refractivity contribution in [2.45, 2.75) is 25.9 Å². The van der Waals surface area contributed by atoms with Gasteiger partial charge in [-0.15, -0.1) is 0 Å². The van der Waals surface area contributed by atoms with Gasteiger partial charge in [0.25, 0.3) is 0 Å². The zero-order valence-corrected chi connectivity index (χ0v) is 12.2. The summed E-state index contributed by atoms with van der Waals surface area (Å²) < 4.78 is 1.92. The molecule has 1 fully saturated rings. The second-order valence-electron chi connectivity index (χ2n) is 5.65. The molecule has 2 aromatic rings. The topological polar surface area (TPSA) is 33.1 Å². The van der Waals surface area contributed by atoms with E-state index in [-0.39, 0.29) is 0 Å². The summed E-state index contributed by atoms with van der Waals surface area (Å²) in [6.45, 7) is 5.36. The number of likely N-dealkylation sites (tertiary alicyclic amines) is 1. The average Bonchev–Trinajstić information content (AvgIpc) is 2.99. The number of nitrogens with zero attached hydrogens (tertiary/aromatic N) is 3. The van der Waals surface area contributed by atoms with Crippen LogP contribution in [0.1, 0.15) is 17.7 Å². The number of hydrogen-bond acceptors (Lipinski definition) is 3. The van der Waals surface area contributed by atoms with E-state index in [1.807, 2.05) is 11.7 Å². The maximum Gasteiger partial charge on any atom is 0.148 e. The van der Waals surface area contributed by atoms with E-state index in [1.165, 1.54) is 17.7 Å². The molecule has 0 aliphatic carbocycles. The monoisotopic (exact) mass is 270 g/mol. The molecule has 106 valence electrons. The summed E-state index contributed by atoms with van der Waals surface area (Å²) in [7, 11) is 1.98. The number of aromatic nitrogens is 2. The highest BCUT2D eigenvalue weighted by Gasteiger charge is 2.22. The SMILES string of the molecule is Cc1cc(NC2CCN(Cc3ccccc3)C2)nn1C. The van der Waals surface area contributed by atoms with Crippen LogP contribution in [0.25, 0.3) is 0 Å². The molecule has 1 aromatic heterocycles. The van der Waals surface area contributed by atoms with Gasteiger partial charge in [0.2, 0.25) is 0 Å². The molecule has 0 amide bonds. The Morgan fingerprint density at radius 3 is 2.80 bits per heavy atom. The lowest BCUT2D eigenvalue weighted by Gasteiger charge is -2.16. The first-order valence-corrected chi connectivity index (χ1v) is 7.24. The number of hydrogen-bond donors (Lipinski definition) is 1. The Morgan fingerprint density at radius 2 is 2.10 bits per heavy atom. The van der Waals surface area contributed by atoms with Crippen LogP contribution >= 0.6 is 0 Å². The molecule has 1 aliphatic rings. The van der Waals surface area contributed by atoms with Crippen LogP contribution in [0.4, 0.5) is 5.82 Å². The van der Waals surface area contributed by atoms with Crippen molar-refractivity contribution < 1.29 is 0 Å². The molecule has 1 aromatic carbocycles. The third-order valence-electron chi connectivity index (χ3n) is 3.99. The summed E-state index contributed by atoms with van der Waals surface area (Å²) in [6, 6.07) is 13.3. The Labute approximate surface area is 120 Å². The van der Waals surface area contributed by atoms with Crippen LogP contribution in [-0.2, 0) is 13.6 Å². The van der Waals surface area contributed by atoms with Crippen LogP contribution < -0.4 is 5.32 Å². The number of nitrogens with one attached hydrogen (secondary N) is 1. The lowest BCUT2D eigenvalue weighted by molar-refractivity contribution is 0.328. The minimum absolute atomic E-state index is 0.507. The molecule has 4 heteroatoms. The highest BCUT2D eigenvalue weighted by Crippen LogP contribution is 2.17. The molecule has 2 heterocycles. The summed E-state index contributed by atoms with van der Waals surface area (Å²) >= 11 is 0. The molecule has 1 atom stereocenters. The summed E-state index contributed by atoms with van der Waals surface area (Å²) in [6.07, 6.45) is 1.18. The number of benzene rings is 1. The van der Waals surface area contributed by atoms with Crippen molar-refractivity contribution in [3.63, 3.8) is 0 Å². The molecule has 1 aliphatic heterocycles. The van der Waals surface area contributed by atoms with Crippen molar-refractivity contribution in [3.8, 4) is 0 Å². The van der Waals surface area contributed by atoms with Crippen LogP contribution in [0.2, 0.25) is 0 Å². The van der Waals surface area contributed by atoms with Crippen molar-refractivity contribution in [2.75, 3.05) is 18.4 Å². The highest BCUT2D eigenvalue weighted by molar-refractivity contribution is 5.37.